The van der Waals surface area contributed by atoms with Gasteiger partial charge in [-0.1, -0.05) is 0 Å². The standard InChI is InChI=1S/C14H13NO5S2/c1-8-7-11(21-12(8)14(17)18)15-13(16)9-3-5-10(6-4-9)22(2,19)20/h3-7H,1-2H3,(H,15,16)(H,17,18). The van der Waals surface area contributed by atoms with Gasteiger partial charge in [0.25, 0.3) is 5.91 Å². The largest absolute Gasteiger partial charge is 0.477 e. The van der Waals surface area contributed by atoms with E-state index >= 15 is 0 Å². The molecule has 6 nitrogen and oxygen atoms in total. The number of sulfone groups is 1. The molecule has 0 radical (unpaired) electrons. The molecule has 2 N–H and O–H groups in total. The zero-order valence-corrected chi connectivity index (χ0v) is 13.4. The molecule has 2 aromatic rings. The molecular formula is C14H13NO5S2. The van der Waals surface area contributed by atoms with Crippen LogP contribution in [0.5, 0.6) is 0 Å². The summed E-state index contributed by atoms with van der Waals surface area (Å²) in [6.07, 6.45) is 1.09. The number of thiophene rings is 1. The van der Waals surface area contributed by atoms with E-state index in [1.165, 1.54) is 24.3 Å². The first-order valence-corrected chi connectivity index (χ1v) is 8.84. The van der Waals surface area contributed by atoms with E-state index < -0.39 is 21.7 Å². The molecule has 0 aliphatic rings. The van der Waals surface area contributed by atoms with Crippen LogP contribution in [-0.4, -0.2) is 31.7 Å². The lowest BCUT2D eigenvalue weighted by Crippen LogP contribution is -2.11. The summed E-state index contributed by atoms with van der Waals surface area (Å²) in [5.41, 5.74) is 0.857. The van der Waals surface area contributed by atoms with E-state index in [0.717, 1.165) is 17.6 Å². The predicted octanol–water partition coefficient (Wildman–Crippen LogP) is 2.41. The number of hydrogen-bond donors (Lipinski definition) is 2. The van der Waals surface area contributed by atoms with Gasteiger partial charge in [-0.2, -0.15) is 0 Å². The number of benzene rings is 1. The van der Waals surface area contributed by atoms with Crippen LogP contribution in [0, 0.1) is 6.92 Å². The van der Waals surface area contributed by atoms with Crippen molar-refractivity contribution in [2.45, 2.75) is 11.8 Å². The van der Waals surface area contributed by atoms with Crippen LogP contribution in [0.2, 0.25) is 0 Å². The Bertz CT molecular complexity index is 835. The number of carbonyl (C=O) groups is 2. The van der Waals surface area contributed by atoms with Gasteiger partial charge in [-0.15, -0.1) is 11.3 Å². The fourth-order valence-corrected chi connectivity index (χ4v) is 3.33. The summed E-state index contributed by atoms with van der Waals surface area (Å²) < 4.78 is 22.7. The second kappa shape index (κ2) is 5.90. The molecule has 1 heterocycles. The van der Waals surface area contributed by atoms with E-state index in [4.69, 9.17) is 5.11 Å². The van der Waals surface area contributed by atoms with Crippen molar-refractivity contribution in [1.82, 2.24) is 0 Å². The zero-order chi connectivity index (χ0) is 16.5. The SMILES string of the molecule is Cc1cc(NC(=O)c2ccc(S(C)(=O)=O)cc2)sc1C(=O)O. The lowest BCUT2D eigenvalue weighted by atomic mass is 10.2. The summed E-state index contributed by atoms with van der Waals surface area (Å²) >= 11 is 0.971. The van der Waals surface area contributed by atoms with Gasteiger partial charge in [0.15, 0.2) is 9.84 Å². The number of aryl methyl sites for hydroxylation is 1. The summed E-state index contributed by atoms with van der Waals surface area (Å²) in [5, 5.41) is 12.0. The molecule has 0 unspecified atom stereocenters. The summed E-state index contributed by atoms with van der Waals surface area (Å²) in [7, 11) is -3.31. The number of hydrogen-bond acceptors (Lipinski definition) is 5. The highest BCUT2D eigenvalue weighted by Crippen LogP contribution is 2.27. The van der Waals surface area contributed by atoms with Gasteiger partial charge < -0.3 is 10.4 Å². The topological polar surface area (TPSA) is 101 Å². The molecule has 1 aromatic carbocycles. The molecular weight excluding hydrogens is 326 g/mol. The monoisotopic (exact) mass is 339 g/mol. The normalized spacial score (nSPS) is 11.2. The van der Waals surface area contributed by atoms with Crippen LogP contribution < -0.4 is 5.32 Å². The molecule has 0 saturated carbocycles. The van der Waals surface area contributed by atoms with E-state index in [9.17, 15) is 18.0 Å². The van der Waals surface area contributed by atoms with Crippen LogP contribution in [0.1, 0.15) is 25.6 Å². The Labute approximate surface area is 131 Å². The average Bonchev–Trinajstić information content (AvgIpc) is 2.79. The molecule has 1 amide bonds. The number of amides is 1. The third-order valence-corrected chi connectivity index (χ3v) is 5.16. The summed E-state index contributed by atoms with van der Waals surface area (Å²) in [5.74, 6) is -1.47. The van der Waals surface area contributed by atoms with Crippen molar-refractivity contribution in [1.29, 1.82) is 0 Å². The van der Waals surface area contributed by atoms with Crippen molar-refractivity contribution in [3.05, 3.63) is 46.3 Å². The maximum Gasteiger partial charge on any atom is 0.346 e. The maximum absolute atomic E-state index is 12.1. The van der Waals surface area contributed by atoms with Gasteiger partial charge in [-0.25, -0.2) is 13.2 Å². The van der Waals surface area contributed by atoms with Gasteiger partial charge in [-0.05, 0) is 42.8 Å². The van der Waals surface area contributed by atoms with Crippen molar-refractivity contribution in [3.8, 4) is 0 Å². The molecule has 1 aromatic heterocycles. The minimum Gasteiger partial charge on any atom is -0.477 e. The molecule has 0 bridgehead atoms. The molecule has 0 fully saturated rings. The number of carboxylic acids is 1. The first kappa shape index (κ1) is 16.2. The Morgan fingerprint density at radius 1 is 1.18 bits per heavy atom. The highest BCUT2D eigenvalue weighted by atomic mass is 32.2. The van der Waals surface area contributed by atoms with Gasteiger partial charge in [-0.3, -0.25) is 4.79 Å². The molecule has 116 valence electrons. The van der Waals surface area contributed by atoms with Gasteiger partial charge in [0.1, 0.15) is 4.88 Å². The van der Waals surface area contributed by atoms with Crippen molar-refractivity contribution in [3.63, 3.8) is 0 Å². The second-order valence-electron chi connectivity index (χ2n) is 4.68. The molecule has 2 rings (SSSR count). The first-order valence-electron chi connectivity index (χ1n) is 6.13. The van der Waals surface area contributed by atoms with Crippen molar-refractivity contribution in [2.75, 3.05) is 11.6 Å². The highest BCUT2D eigenvalue weighted by molar-refractivity contribution is 7.90. The Balaban J connectivity index is 2.19. The lowest BCUT2D eigenvalue weighted by Gasteiger charge is -2.03. The van der Waals surface area contributed by atoms with E-state index in [0.29, 0.717) is 10.6 Å². The van der Waals surface area contributed by atoms with Gasteiger partial charge >= 0.3 is 5.97 Å². The molecule has 0 aliphatic heterocycles. The number of aromatic carboxylic acids is 1. The van der Waals surface area contributed by atoms with Gasteiger partial charge in [0.2, 0.25) is 0 Å². The summed E-state index contributed by atoms with van der Waals surface area (Å²) in [6.45, 7) is 1.65. The van der Waals surface area contributed by atoms with Gasteiger partial charge in [0, 0.05) is 11.8 Å². The Kier molecular flexibility index (Phi) is 4.34. The van der Waals surface area contributed by atoms with E-state index in [1.54, 1.807) is 13.0 Å². The highest BCUT2D eigenvalue weighted by Gasteiger charge is 2.15. The lowest BCUT2D eigenvalue weighted by molar-refractivity contribution is 0.0701. The third-order valence-electron chi connectivity index (χ3n) is 2.89. The fourth-order valence-electron chi connectivity index (χ4n) is 1.79. The van der Waals surface area contributed by atoms with Gasteiger partial charge in [0.05, 0.1) is 9.90 Å². The second-order valence-corrected chi connectivity index (χ2v) is 7.75. The number of anilines is 1. The molecule has 0 atom stereocenters. The molecule has 0 saturated heterocycles. The van der Waals surface area contributed by atoms with Crippen molar-refractivity contribution >= 4 is 38.1 Å². The number of rotatable bonds is 4. The Morgan fingerprint density at radius 3 is 2.23 bits per heavy atom. The van der Waals surface area contributed by atoms with E-state index in [2.05, 4.69) is 5.32 Å². The fraction of sp³-hybridized carbons (Fsp3) is 0.143. The van der Waals surface area contributed by atoms with Crippen LogP contribution in [0.15, 0.2) is 35.2 Å². The third kappa shape index (κ3) is 3.52. The summed E-state index contributed by atoms with van der Waals surface area (Å²) in [6, 6.07) is 7.10. The first-order chi connectivity index (χ1) is 10.2. The van der Waals surface area contributed by atoms with E-state index in [-0.39, 0.29) is 15.3 Å². The Morgan fingerprint density at radius 2 is 1.77 bits per heavy atom. The van der Waals surface area contributed by atoms with Crippen LogP contribution in [0.4, 0.5) is 5.00 Å². The maximum atomic E-state index is 12.1. The molecule has 22 heavy (non-hydrogen) atoms. The number of carbonyl (C=O) groups excluding carboxylic acids is 1. The Hall–Kier alpha value is -2.19. The van der Waals surface area contributed by atoms with Crippen LogP contribution in [-0.2, 0) is 9.84 Å². The number of nitrogens with one attached hydrogen (secondary N) is 1. The van der Waals surface area contributed by atoms with Crippen molar-refractivity contribution in [2.24, 2.45) is 0 Å². The summed E-state index contributed by atoms with van der Waals surface area (Å²) in [4.78, 5) is 23.3. The van der Waals surface area contributed by atoms with E-state index in [1.807, 2.05) is 0 Å². The van der Waals surface area contributed by atoms with Crippen LogP contribution >= 0.6 is 11.3 Å². The predicted molar refractivity (Wildman–Crippen MR) is 83.5 cm³/mol. The molecule has 0 aliphatic carbocycles. The molecule has 8 heteroatoms. The minimum atomic E-state index is -3.31. The number of carboxylic acid groups (broad SMARTS) is 1. The van der Waals surface area contributed by atoms with Crippen LogP contribution in [0.3, 0.4) is 0 Å². The molecule has 0 spiro atoms. The van der Waals surface area contributed by atoms with Crippen LogP contribution in [0.25, 0.3) is 0 Å². The zero-order valence-electron chi connectivity index (χ0n) is 11.8. The average molecular weight is 339 g/mol. The quantitative estimate of drug-likeness (QED) is 0.891. The smallest absolute Gasteiger partial charge is 0.346 e. The van der Waals surface area contributed by atoms with Crippen molar-refractivity contribution < 1.29 is 23.1 Å². The minimum absolute atomic E-state index is 0.129.